The van der Waals surface area contributed by atoms with E-state index < -0.39 is 0 Å². The Morgan fingerprint density at radius 1 is 1.00 bits per heavy atom. The van der Waals surface area contributed by atoms with Gasteiger partial charge in [-0.25, -0.2) is 4.99 Å². The molecule has 2 aromatic carbocycles. The van der Waals surface area contributed by atoms with Crippen molar-refractivity contribution < 1.29 is 0 Å². The summed E-state index contributed by atoms with van der Waals surface area (Å²) in [5.41, 5.74) is 4.90. The Hall–Kier alpha value is -2.39. The minimum absolute atomic E-state index is 0.309. The van der Waals surface area contributed by atoms with E-state index in [4.69, 9.17) is 4.99 Å². The predicted molar refractivity (Wildman–Crippen MR) is 97.6 cm³/mol. The maximum absolute atomic E-state index is 5.00. The molecule has 2 heterocycles. The van der Waals surface area contributed by atoms with E-state index in [0.29, 0.717) is 6.04 Å². The number of hydrogen-bond acceptors (Lipinski definition) is 3. The van der Waals surface area contributed by atoms with Gasteiger partial charge in [0.1, 0.15) is 5.84 Å². The molecule has 0 saturated carbocycles. The summed E-state index contributed by atoms with van der Waals surface area (Å²) in [4.78, 5) is 7.31. The van der Waals surface area contributed by atoms with Gasteiger partial charge in [0.05, 0.1) is 11.7 Å². The molecule has 0 amide bonds. The molecule has 4 rings (SSSR count). The number of nitrogens with zero attached hydrogens (tertiary/aromatic N) is 2. The van der Waals surface area contributed by atoms with E-state index in [1.807, 2.05) is 6.07 Å². The van der Waals surface area contributed by atoms with E-state index in [1.165, 1.54) is 11.1 Å². The fourth-order valence-electron chi connectivity index (χ4n) is 3.14. The molecule has 3 aromatic rings. The van der Waals surface area contributed by atoms with Crippen LogP contribution < -0.4 is 0 Å². The Bertz CT molecular complexity index is 822. The van der Waals surface area contributed by atoms with Crippen LogP contribution in [0.25, 0.3) is 0 Å². The lowest BCUT2D eigenvalue weighted by atomic mass is 9.99. The topological polar surface area (TPSA) is 15.6 Å². The van der Waals surface area contributed by atoms with Gasteiger partial charge < -0.3 is 4.90 Å². The summed E-state index contributed by atoms with van der Waals surface area (Å²) in [6, 6.07) is 21.5. The molecule has 1 aromatic heterocycles. The predicted octanol–water partition coefficient (Wildman–Crippen LogP) is 5.06. The largest absolute Gasteiger partial charge is 0.352 e. The van der Waals surface area contributed by atoms with Gasteiger partial charge in [0, 0.05) is 12.6 Å². The van der Waals surface area contributed by atoms with E-state index in [1.54, 1.807) is 11.3 Å². The normalized spacial score (nSPS) is 17.3. The number of rotatable bonds is 2. The van der Waals surface area contributed by atoms with Crippen molar-refractivity contribution in [1.82, 2.24) is 4.90 Å². The smallest absolute Gasteiger partial charge is 0.136 e. The fourth-order valence-corrected chi connectivity index (χ4v) is 3.85. The van der Waals surface area contributed by atoms with Gasteiger partial charge in [-0.2, -0.15) is 11.3 Å². The van der Waals surface area contributed by atoms with Crippen LogP contribution in [0.3, 0.4) is 0 Å². The average Bonchev–Trinajstić information content (AvgIpc) is 3.08. The molecule has 0 saturated heterocycles. The molecule has 0 spiro atoms. The van der Waals surface area contributed by atoms with Gasteiger partial charge in [0.2, 0.25) is 0 Å². The lowest BCUT2D eigenvalue weighted by molar-refractivity contribution is 0.378. The van der Waals surface area contributed by atoms with Crippen LogP contribution >= 0.6 is 11.3 Å². The number of likely N-dealkylation sites (N-methyl/N-ethyl adjacent to an activating group) is 1. The number of thiophene rings is 1. The summed E-state index contributed by atoms with van der Waals surface area (Å²) in [5, 5.41) is 4.40. The highest BCUT2D eigenvalue weighted by atomic mass is 32.1. The summed E-state index contributed by atoms with van der Waals surface area (Å²) in [7, 11) is 2.15. The second kappa shape index (κ2) is 6.01. The van der Waals surface area contributed by atoms with Crippen LogP contribution in [-0.4, -0.2) is 17.8 Å². The first-order valence-electron chi connectivity index (χ1n) is 7.80. The fraction of sp³-hybridized carbons (Fsp3) is 0.150. The van der Waals surface area contributed by atoms with Crippen LogP contribution in [-0.2, 0) is 6.42 Å². The van der Waals surface area contributed by atoms with Crippen LogP contribution in [0.1, 0.15) is 22.7 Å². The molecule has 23 heavy (non-hydrogen) atoms. The number of hydrogen-bond donors (Lipinski definition) is 0. The van der Waals surface area contributed by atoms with Crippen molar-refractivity contribution in [2.45, 2.75) is 12.5 Å². The standard InChI is InChI=1S/C20H18N2S/c1-22-19(17-11-12-23-14-17)13-16-9-5-6-10-18(16)21-20(22)15-7-3-2-4-8-15/h2-12,14,19H,13H2,1H3. The SMILES string of the molecule is CN1C(c2ccccc2)=Nc2ccccc2CC1c1ccsc1. The van der Waals surface area contributed by atoms with E-state index in [2.05, 4.69) is 77.3 Å². The first-order chi connectivity index (χ1) is 11.3. The molecule has 0 bridgehead atoms. The molecular formula is C20H18N2S. The van der Waals surface area contributed by atoms with Crippen LogP contribution in [0.4, 0.5) is 5.69 Å². The molecule has 114 valence electrons. The highest BCUT2D eigenvalue weighted by Crippen LogP contribution is 2.34. The summed E-state index contributed by atoms with van der Waals surface area (Å²) >= 11 is 1.75. The Morgan fingerprint density at radius 2 is 1.78 bits per heavy atom. The molecule has 1 aliphatic heterocycles. The lowest BCUT2D eigenvalue weighted by Gasteiger charge is -2.29. The minimum Gasteiger partial charge on any atom is -0.352 e. The Labute approximate surface area is 140 Å². The Morgan fingerprint density at radius 3 is 2.57 bits per heavy atom. The average molecular weight is 318 g/mol. The molecule has 1 atom stereocenters. The first-order valence-corrected chi connectivity index (χ1v) is 8.74. The molecule has 0 radical (unpaired) electrons. The summed E-state index contributed by atoms with van der Waals surface area (Å²) in [6.45, 7) is 0. The first kappa shape index (κ1) is 14.2. The molecule has 2 nitrogen and oxygen atoms in total. The van der Waals surface area contributed by atoms with Gasteiger partial charge in [-0.3, -0.25) is 0 Å². The molecule has 3 heteroatoms. The molecule has 0 fully saturated rings. The van der Waals surface area contributed by atoms with Crippen molar-refractivity contribution in [3.63, 3.8) is 0 Å². The van der Waals surface area contributed by atoms with E-state index in [9.17, 15) is 0 Å². The third-order valence-electron chi connectivity index (χ3n) is 4.39. The number of aliphatic imine (C=N–C) groups is 1. The molecule has 0 N–H and O–H groups in total. The van der Waals surface area contributed by atoms with E-state index in [-0.39, 0.29) is 0 Å². The van der Waals surface area contributed by atoms with E-state index in [0.717, 1.165) is 23.5 Å². The quantitative estimate of drug-likeness (QED) is 0.645. The summed E-state index contributed by atoms with van der Waals surface area (Å²) < 4.78 is 0. The van der Waals surface area contributed by atoms with Crippen molar-refractivity contribution in [3.8, 4) is 0 Å². The van der Waals surface area contributed by atoms with Crippen LogP contribution in [0.2, 0.25) is 0 Å². The number of amidine groups is 1. The van der Waals surface area contributed by atoms with Crippen molar-refractivity contribution >= 4 is 22.9 Å². The maximum atomic E-state index is 5.00. The van der Waals surface area contributed by atoms with Gasteiger partial charge in [-0.1, -0.05) is 48.5 Å². The number of para-hydroxylation sites is 1. The zero-order valence-corrected chi connectivity index (χ0v) is 13.8. The van der Waals surface area contributed by atoms with Crippen LogP contribution in [0.5, 0.6) is 0 Å². The second-order valence-electron chi connectivity index (χ2n) is 5.82. The molecular weight excluding hydrogens is 300 g/mol. The van der Waals surface area contributed by atoms with Crippen molar-refractivity contribution in [3.05, 3.63) is 88.1 Å². The lowest BCUT2D eigenvalue weighted by Crippen LogP contribution is -2.31. The third-order valence-corrected chi connectivity index (χ3v) is 5.09. The van der Waals surface area contributed by atoms with Gasteiger partial charge in [0.15, 0.2) is 0 Å². The number of benzene rings is 2. The van der Waals surface area contributed by atoms with Gasteiger partial charge >= 0.3 is 0 Å². The maximum Gasteiger partial charge on any atom is 0.136 e. The van der Waals surface area contributed by atoms with Gasteiger partial charge in [-0.05, 0) is 40.4 Å². The summed E-state index contributed by atoms with van der Waals surface area (Å²) in [6.07, 6.45) is 0.975. The monoisotopic (exact) mass is 318 g/mol. The van der Waals surface area contributed by atoms with Crippen molar-refractivity contribution in [2.75, 3.05) is 7.05 Å². The molecule has 0 aliphatic carbocycles. The van der Waals surface area contributed by atoms with Gasteiger partial charge in [0.25, 0.3) is 0 Å². The Balaban J connectivity index is 1.87. The zero-order chi connectivity index (χ0) is 15.6. The zero-order valence-electron chi connectivity index (χ0n) is 13.0. The van der Waals surface area contributed by atoms with Crippen molar-refractivity contribution in [2.24, 2.45) is 4.99 Å². The minimum atomic E-state index is 0.309. The van der Waals surface area contributed by atoms with Crippen LogP contribution in [0.15, 0.2) is 76.4 Å². The Kier molecular flexibility index (Phi) is 3.72. The van der Waals surface area contributed by atoms with Gasteiger partial charge in [-0.15, -0.1) is 0 Å². The van der Waals surface area contributed by atoms with E-state index >= 15 is 0 Å². The summed E-state index contributed by atoms with van der Waals surface area (Å²) in [5.74, 6) is 1.03. The highest BCUT2D eigenvalue weighted by molar-refractivity contribution is 7.08. The molecule has 1 aliphatic rings. The van der Waals surface area contributed by atoms with Crippen molar-refractivity contribution in [1.29, 1.82) is 0 Å². The van der Waals surface area contributed by atoms with Crippen LogP contribution in [0, 0.1) is 0 Å². The third kappa shape index (κ3) is 2.68. The number of fused-ring (bicyclic) bond motifs is 1. The second-order valence-corrected chi connectivity index (χ2v) is 6.60. The molecule has 1 unspecified atom stereocenters. The highest BCUT2D eigenvalue weighted by Gasteiger charge is 2.26.